The second kappa shape index (κ2) is 12.4. The number of aliphatic imine (C=N–C) groups is 1. The third-order valence-corrected chi connectivity index (χ3v) is 14.6. The van der Waals surface area contributed by atoms with E-state index in [0.717, 1.165) is 80.9 Å². The SMILES string of the molecule is CC1=C(/C=C\N)C2C(CCCC2C2CCC3=C(C2)Oc2ccccc2C32C3C=CC(C4=CCCc5oc6c(c54)CCN=C6)=CC3OC3C=CCCC32)O1. The zero-order chi connectivity index (χ0) is 35.3. The Labute approximate surface area is 312 Å². The largest absolute Gasteiger partial charge is 0.494 e. The molecule has 1 saturated heterocycles. The number of hydrogen-bond donors (Lipinski definition) is 1. The third-order valence-electron chi connectivity index (χ3n) is 14.6. The van der Waals surface area contributed by atoms with Gasteiger partial charge in [0.1, 0.15) is 29.1 Å². The number of ether oxygens (including phenoxy) is 3. The second-order valence-electron chi connectivity index (χ2n) is 16.9. The molecule has 2 fully saturated rings. The molecule has 1 spiro atoms. The summed E-state index contributed by atoms with van der Waals surface area (Å²) in [7, 11) is 0. The Bertz CT molecular complexity index is 2120. The van der Waals surface area contributed by atoms with Gasteiger partial charge in [-0.2, -0.15) is 0 Å². The summed E-state index contributed by atoms with van der Waals surface area (Å²) in [5.74, 6) is 7.44. The van der Waals surface area contributed by atoms with Crippen LogP contribution in [0.2, 0.25) is 0 Å². The first-order valence-corrected chi connectivity index (χ1v) is 20.5. The van der Waals surface area contributed by atoms with Gasteiger partial charge in [0, 0.05) is 59.2 Å². The molecule has 6 heteroatoms. The number of aryl methyl sites for hydroxylation is 1. The van der Waals surface area contributed by atoms with Gasteiger partial charge in [-0.05, 0) is 123 Å². The fraction of sp³-hybridized carbons (Fsp3) is 0.468. The lowest BCUT2D eigenvalue weighted by atomic mass is 9.49. The molecule has 1 aromatic heterocycles. The third kappa shape index (κ3) is 4.70. The quantitative estimate of drug-likeness (QED) is 0.322. The molecule has 5 aliphatic carbocycles. The number of nitrogens with zero attached hydrogens (tertiary/aromatic N) is 1. The van der Waals surface area contributed by atoms with Crippen molar-refractivity contribution in [2.24, 2.45) is 40.3 Å². The van der Waals surface area contributed by atoms with Crippen molar-refractivity contribution in [3.63, 3.8) is 0 Å². The molecule has 6 nitrogen and oxygen atoms in total. The summed E-state index contributed by atoms with van der Waals surface area (Å²) < 4.78 is 27.2. The molecule has 272 valence electrons. The van der Waals surface area contributed by atoms with Crippen LogP contribution in [-0.2, 0) is 27.7 Å². The highest BCUT2D eigenvalue weighted by atomic mass is 16.5. The topological polar surface area (TPSA) is 79.2 Å². The van der Waals surface area contributed by atoms with Crippen molar-refractivity contribution in [1.29, 1.82) is 0 Å². The molecular formula is C47H50N2O4. The van der Waals surface area contributed by atoms with E-state index in [1.165, 1.54) is 58.4 Å². The zero-order valence-electron chi connectivity index (χ0n) is 30.8. The lowest BCUT2D eigenvalue weighted by molar-refractivity contribution is -0.106. The van der Waals surface area contributed by atoms with Crippen LogP contribution in [0.1, 0.15) is 92.9 Å². The molecule has 5 heterocycles. The van der Waals surface area contributed by atoms with Crippen molar-refractivity contribution in [2.45, 2.75) is 101 Å². The maximum atomic E-state index is 7.24. The van der Waals surface area contributed by atoms with Crippen LogP contribution in [0.25, 0.3) is 5.57 Å². The lowest BCUT2D eigenvalue weighted by Crippen LogP contribution is -2.60. The normalized spacial score (nSPS) is 36.4. The maximum absolute atomic E-state index is 7.24. The second-order valence-corrected chi connectivity index (χ2v) is 16.9. The molecule has 2 N–H and O–H groups in total. The Morgan fingerprint density at radius 1 is 1.00 bits per heavy atom. The van der Waals surface area contributed by atoms with Gasteiger partial charge in [0.15, 0.2) is 0 Å². The van der Waals surface area contributed by atoms with Gasteiger partial charge in [-0.1, -0.05) is 48.6 Å². The number of furan rings is 1. The number of hydrogen-bond acceptors (Lipinski definition) is 6. The summed E-state index contributed by atoms with van der Waals surface area (Å²) in [4.78, 5) is 4.53. The number of benzene rings is 1. The Morgan fingerprint density at radius 3 is 2.89 bits per heavy atom. The van der Waals surface area contributed by atoms with E-state index in [1.807, 2.05) is 6.21 Å². The van der Waals surface area contributed by atoms with Crippen LogP contribution in [0.5, 0.6) is 5.75 Å². The molecule has 2 aromatic rings. The van der Waals surface area contributed by atoms with Gasteiger partial charge < -0.3 is 24.4 Å². The van der Waals surface area contributed by atoms with Crippen LogP contribution in [0.4, 0.5) is 0 Å². The molecule has 0 radical (unpaired) electrons. The van der Waals surface area contributed by atoms with Crippen molar-refractivity contribution in [3.8, 4) is 5.75 Å². The molecule has 9 atom stereocenters. The van der Waals surface area contributed by atoms with Crippen molar-refractivity contribution in [2.75, 3.05) is 6.54 Å². The van der Waals surface area contributed by atoms with Gasteiger partial charge in [-0.3, -0.25) is 4.99 Å². The van der Waals surface area contributed by atoms with Crippen LogP contribution in [0.3, 0.4) is 0 Å². The standard InChI is InChI=1S/C47H50N2O4/c1-27-30(20-22-48)45-31(8-6-14-40(45)50-27)28-16-18-36-42(24-28)51-38-12-4-2-10-34(38)47(36)35-11-3-5-13-39(35)52-43-25-29(17-19-37(43)47)32-9-7-15-41-46(32)33-21-23-49-26-44(33)53-41/h2,4-5,9-10,12-13,17,19-20,22,25-26,28,31,35,37,39-40,43,45H,3,6-8,11,14-16,18,21,23-24,48H2,1H3/b22-20-. The molecule has 11 rings (SSSR count). The summed E-state index contributed by atoms with van der Waals surface area (Å²) in [5, 5.41) is 0. The molecule has 0 bridgehead atoms. The summed E-state index contributed by atoms with van der Waals surface area (Å²) >= 11 is 0. The summed E-state index contributed by atoms with van der Waals surface area (Å²) in [6.45, 7) is 2.96. The minimum Gasteiger partial charge on any atom is -0.494 e. The molecule has 1 saturated carbocycles. The Hall–Kier alpha value is -4.29. The number of para-hydroxylation sites is 1. The van der Waals surface area contributed by atoms with Gasteiger partial charge in [-0.15, -0.1) is 0 Å². The predicted octanol–water partition coefficient (Wildman–Crippen LogP) is 9.38. The van der Waals surface area contributed by atoms with Gasteiger partial charge in [0.2, 0.25) is 0 Å². The number of nitrogens with two attached hydrogens (primary N) is 1. The predicted molar refractivity (Wildman–Crippen MR) is 207 cm³/mol. The Kier molecular flexibility index (Phi) is 7.51. The van der Waals surface area contributed by atoms with Crippen molar-refractivity contribution >= 4 is 11.8 Å². The van der Waals surface area contributed by atoms with Gasteiger partial charge in [0.05, 0.1) is 24.2 Å². The first kappa shape index (κ1) is 32.2. The van der Waals surface area contributed by atoms with Crippen molar-refractivity contribution in [1.82, 2.24) is 0 Å². The molecule has 9 unspecified atom stereocenters. The summed E-state index contributed by atoms with van der Waals surface area (Å²) in [6, 6.07) is 9.00. The van der Waals surface area contributed by atoms with E-state index in [9.17, 15) is 0 Å². The highest BCUT2D eigenvalue weighted by Crippen LogP contribution is 2.64. The first-order valence-electron chi connectivity index (χ1n) is 20.5. The maximum Gasteiger partial charge on any atom is 0.148 e. The fourth-order valence-electron chi connectivity index (χ4n) is 12.6. The molecule has 0 amide bonds. The van der Waals surface area contributed by atoms with Gasteiger partial charge in [0.25, 0.3) is 0 Å². The highest BCUT2D eigenvalue weighted by molar-refractivity contribution is 5.90. The number of fused-ring (bicyclic) bond motifs is 11. The lowest BCUT2D eigenvalue weighted by Gasteiger charge is -2.59. The molecule has 53 heavy (non-hydrogen) atoms. The van der Waals surface area contributed by atoms with E-state index in [1.54, 1.807) is 11.8 Å². The first-order chi connectivity index (χ1) is 26.1. The zero-order valence-corrected chi connectivity index (χ0v) is 30.8. The number of rotatable bonds is 3. The summed E-state index contributed by atoms with van der Waals surface area (Å²) in [6.07, 6.45) is 32.5. The van der Waals surface area contributed by atoms with Crippen molar-refractivity contribution < 1.29 is 18.6 Å². The smallest absolute Gasteiger partial charge is 0.148 e. The average Bonchev–Trinajstić information content (AvgIpc) is 3.74. The average molecular weight is 707 g/mol. The van der Waals surface area contributed by atoms with Gasteiger partial charge >= 0.3 is 0 Å². The van der Waals surface area contributed by atoms with Gasteiger partial charge in [-0.25, -0.2) is 0 Å². The highest BCUT2D eigenvalue weighted by Gasteiger charge is 2.61. The summed E-state index contributed by atoms with van der Waals surface area (Å²) in [5.41, 5.74) is 15.2. The van der Waals surface area contributed by atoms with E-state index >= 15 is 0 Å². The molecule has 4 aliphatic heterocycles. The van der Waals surface area contributed by atoms with E-state index in [2.05, 4.69) is 78.7 Å². The van der Waals surface area contributed by atoms with E-state index in [-0.39, 0.29) is 29.6 Å². The van der Waals surface area contributed by atoms with E-state index in [0.29, 0.717) is 23.7 Å². The van der Waals surface area contributed by atoms with Crippen LogP contribution in [-0.4, -0.2) is 31.1 Å². The Balaban J connectivity index is 1.01. The van der Waals surface area contributed by atoms with E-state index in [4.69, 9.17) is 24.4 Å². The van der Waals surface area contributed by atoms with Crippen molar-refractivity contribution in [3.05, 3.63) is 129 Å². The van der Waals surface area contributed by atoms with Crippen LogP contribution in [0, 0.1) is 29.6 Å². The van der Waals surface area contributed by atoms with Crippen LogP contribution < -0.4 is 10.5 Å². The molecular weight excluding hydrogens is 657 g/mol. The molecule has 9 aliphatic rings. The monoisotopic (exact) mass is 706 g/mol. The fourth-order valence-corrected chi connectivity index (χ4v) is 12.6. The minimum absolute atomic E-state index is 0.0499. The van der Waals surface area contributed by atoms with Crippen LogP contribution >= 0.6 is 0 Å². The van der Waals surface area contributed by atoms with Crippen LogP contribution in [0.15, 0.2) is 111 Å². The number of allylic oxidation sites excluding steroid dienone is 9. The molecule has 1 aromatic carbocycles. The minimum atomic E-state index is -0.196. The van der Waals surface area contributed by atoms with E-state index < -0.39 is 0 Å². The Morgan fingerprint density at radius 2 is 1.94 bits per heavy atom.